The Bertz CT molecular complexity index is 930. The first kappa shape index (κ1) is 21.4. The van der Waals surface area contributed by atoms with Crippen LogP contribution in [0.4, 0.5) is 0 Å². The number of carbonyl (C=O) groups is 1. The van der Waals surface area contributed by atoms with Gasteiger partial charge in [0, 0.05) is 23.7 Å². The topological polar surface area (TPSA) is 41.6 Å². The zero-order valence-electron chi connectivity index (χ0n) is 16.6. The summed E-state index contributed by atoms with van der Waals surface area (Å²) in [5.74, 6) is 0.641. The fourth-order valence-corrected chi connectivity index (χ4v) is 3.87. The molecule has 6 heteroatoms. The molecule has 1 amide bonds. The summed E-state index contributed by atoms with van der Waals surface area (Å²) >= 11 is 7.66. The Hall–Kier alpha value is -2.34. The van der Waals surface area contributed by atoms with Crippen LogP contribution in [0.5, 0.6) is 5.75 Å². The number of carbonyl (C=O) groups excluding carboxylic acids is 1. The van der Waals surface area contributed by atoms with Crippen LogP contribution in [0, 0.1) is 0 Å². The van der Waals surface area contributed by atoms with Crippen molar-refractivity contribution in [3.8, 4) is 5.75 Å². The minimum Gasteiger partial charge on any atom is -0.489 e. The summed E-state index contributed by atoms with van der Waals surface area (Å²) in [6, 6.07) is 17.1. The standard InChI is InChI=1S/C23H25ClN2O2S/c1-17(13-25-23(27)20-6-4-7-21(24)12-20)28-22-8-3-5-18(11-22)14-26(2)15-19-9-10-29-16-19/h3-12,16-17H,13-15H2,1-2H3,(H,25,27)/t17-/m1/s1. The largest absolute Gasteiger partial charge is 0.489 e. The van der Waals surface area contributed by atoms with Crippen molar-refractivity contribution >= 4 is 28.8 Å². The molecule has 0 aliphatic rings. The molecule has 1 atom stereocenters. The highest BCUT2D eigenvalue weighted by atomic mass is 35.5. The van der Waals surface area contributed by atoms with Crippen molar-refractivity contribution in [3.05, 3.63) is 87.1 Å². The third-order valence-electron chi connectivity index (χ3n) is 4.36. The summed E-state index contributed by atoms with van der Waals surface area (Å²) in [7, 11) is 2.11. The van der Waals surface area contributed by atoms with Crippen LogP contribution in [-0.2, 0) is 13.1 Å². The molecular formula is C23H25ClN2O2S. The van der Waals surface area contributed by atoms with E-state index in [2.05, 4.69) is 46.2 Å². The van der Waals surface area contributed by atoms with E-state index in [1.165, 1.54) is 11.1 Å². The number of halogens is 1. The summed E-state index contributed by atoms with van der Waals surface area (Å²) in [5.41, 5.74) is 3.06. The molecule has 0 aliphatic carbocycles. The number of hydrogen-bond donors (Lipinski definition) is 1. The molecule has 152 valence electrons. The molecule has 0 fully saturated rings. The van der Waals surface area contributed by atoms with Gasteiger partial charge >= 0.3 is 0 Å². The average Bonchev–Trinajstić information content (AvgIpc) is 3.19. The zero-order chi connectivity index (χ0) is 20.6. The van der Waals surface area contributed by atoms with Crippen LogP contribution < -0.4 is 10.1 Å². The molecule has 0 saturated heterocycles. The molecule has 1 N–H and O–H groups in total. The van der Waals surface area contributed by atoms with E-state index in [1.807, 2.05) is 19.1 Å². The second kappa shape index (κ2) is 10.4. The molecule has 2 aromatic carbocycles. The number of thiophene rings is 1. The summed E-state index contributed by atoms with van der Waals surface area (Å²) < 4.78 is 5.99. The van der Waals surface area contributed by atoms with Crippen LogP contribution in [0.1, 0.15) is 28.4 Å². The summed E-state index contributed by atoms with van der Waals surface area (Å²) in [4.78, 5) is 14.5. The van der Waals surface area contributed by atoms with Gasteiger partial charge < -0.3 is 10.1 Å². The second-order valence-corrected chi connectivity index (χ2v) is 8.32. The van der Waals surface area contributed by atoms with Crippen LogP contribution in [-0.4, -0.2) is 30.5 Å². The lowest BCUT2D eigenvalue weighted by molar-refractivity contribution is 0.0932. The van der Waals surface area contributed by atoms with Gasteiger partial charge in [-0.25, -0.2) is 0 Å². The van der Waals surface area contributed by atoms with E-state index in [0.717, 1.165) is 18.8 Å². The van der Waals surface area contributed by atoms with Gasteiger partial charge in [-0.1, -0.05) is 29.8 Å². The molecule has 1 heterocycles. The molecular weight excluding hydrogens is 404 g/mol. The molecule has 29 heavy (non-hydrogen) atoms. The summed E-state index contributed by atoms with van der Waals surface area (Å²) in [6.07, 6.45) is -0.156. The van der Waals surface area contributed by atoms with Crippen molar-refractivity contribution in [1.29, 1.82) is 0 Å². The summed E-state index contributed by atoms with van der Waals surface area (Å²) in [5, 5.41) is 7.71. The number of hydrogen-bond acceptors (Lipinski definition) is 4. The Balaban J connectivity index is 1.49. The second-order valence-electron chi connectivity index (χ2n) is 7.10. The Morgan fingerprint density at radius 3 is 2.69 bits per heavy atom. The van der Waals surface area contributed by atoms with Crippen LogP contribution in [0.15, 0.2) is 65.4 Å². The minimum absolute atomic E-state index is 0.156. The van der Waals surface area contributed by atoms with Gasteiger partial charge in [-0.15, -0.1) is 0 Å². The number of nitrogens with one attached hydrogen (secondary N) is 1. The molecule has 4 nitrogen and oxygen atoms in total. The number of benzene rings is 2. The molecule has 3 rings (SSSR count). The van der Waals surface area contributed by atoms with Crippen molar-refractivity contribution in [1.82, 2.24) is 10.2 Å². The van der Waals surface area contributed by atoms with Gasteiger partial charge in [-0.05, 0) is 72.3 Å². The smallest absolute Gasteiger partial charge is 0.251 e. The SMILES string of the molecule is C[C@H](CNC(=O)c1cccc(Cl)c1)Oc1cccc(CN(C)Cc2ccsc2)c1. The van der Waals surface area contributed by atoms with Gasteiger partial charge in [-0.2, -0.15) is 11.3 Å². The van der Waals surface area contributed by atoms with Crippen LogP contribution in [0.25, 0.3) is 0 Å². The van der Waals surface area contributed by atoms with E-state index in [0.29, 0.717) is 17.1 Å². The molecule has 0 radical (unpaired) electrons. The number of ether oxygens (including phenoxy) is 1. The Morgan fingerprint density at radius 1 is 1.14 bits per heavy atom. The lowest BCUT2D eigenvalue weighted by atomic mass is 10.2. The van der Waals surface area contributed by atoms with Gasteiger partial charge in [0.05, 0.1) is 6.54 Å². The minimum atomic E-state index is -0.160. The predicted molar refractivity (Wildman–Crippen MR) is 120 cm³/mol. The Labute approximate surface area is 181 Å². The fraction of sp³-hybridized carbons (Fsp3) is 0.261. The highest BCUT2D eigenvalue weighted by Crippen LogP contribution is 2.17. The molecule has 0 spiro atoms. The van der Waals surface area contributed by atoms with Gasteiger partial charge in [0.25, 0.3) is 5.91 Å². The maximum absolute atomic E-state index is 12.2. The van der Waals surface area contributed by atoms with Crippen molar-refractivity contribution in [3.63, 3.8) is 0 Å². The lowest BCUT2D eigenvalue weighted by Crippen LogP contribution is -2.33. The van der Waals surface area contributed by atoms with E-state index in [1.54, 1.807) is 35.6 Å². The van der Waals surface area contributed by atoms with Crippen LogP contribution in [0.3, 0.4) is 0 Å². The normalized spacial score (nSPS) is 12.0. The molecule has 0 aliphatic heterocycles. The van der Waals surface area contributed by atoms with E-state index < -0.39 is 0 Å². The molecule has 0 saturated carbocycles. The lowest BCUT2D eigenvalue weighted by Gasteiger charge is -2.18. The Kier molecular flexibility index (Phi) is 7.69. The first-order valence-corrected chi connectivity index (χ1v) is 10.8. The molecule has 3 aromatic rings. The highest BCUT2D eigenvalue weighted by molar-refractivity contribution is 7.07. The van der Waals surface area contributed by atoms with Gasteiger partial charge in [-0.3, -0.25) is 9.69 Å². The first-order chi connectivity index (χ1) is 14.0. The molecule has 1 aromatic heterocycles. The quantitative estimate of drug-likeness (QED) is 0.507. The highest BCUT2D eigenvalue weighted by Gasteiger charge is 2.10. The van der Waals surface area contributed by atoms with Crippen molar-refractivity contribution < 1.29 is 9.53 Å². The molecule has 0 bridgehead atoms. The molecule has 0 unspecified atom stereocenters. The van der Waals surface area contributed by atoms with Crippen molar-refractivity contribution in [2.75, 3.05) is 13.6 Å². The van der Waals surface area contributed by atoms with Crippen molar-refractivity contribution in [2.45, 2.75) is 26.1 Å². The zero-order valence-corrected chi connectivity index (χ0v) is 18.2. The maximum atomic E-state index is 12.2. The monoisotopic (exact) mass is 428 g/mol. The fourth-order valence-electron chi connectivity index (χ4n) is 3.02. The van der Waals surface area contributed by atoms with E-state index in [9.17, 15) is 4.79 Å². The van der Waals surface area contributed by atoms with Crippen LogP contribution >= 0.6 is 22.9 Å². The predicted octanol–water partition coefficient (Wildman–Crippen LogP) is 5.23. The Morgan fingerprint density at radius 2 is 1.93 bits per heavy atom. The maximum Gasteiger partial charge on any atom is 0.251 e. The summed E-state index contributed by atoms with van der Waals surface area (Å²) in [6.45, 7) is 4.11. The third kappa shape index (κ3) is 6.89. The first-order valence-electron chi connectivity index (χ1n) is 9.48. The van der Waals surface area contributed by atoms with Gasteiger partial charge in [0.15, 0.2) is 0 Å². The van der Waals surface area contributed by atoms with Crippen LogP contribution in [0.2, 0.25) is 5.02 Å². The number of amides is 1. The average molecular weight is 429 g/mol. The van der Waals surface area contributed by atoms with Crippen molar-refractivity contribution in [2.24, 2.45) is 0 Å². The van der Waals surface area contributed by atoms with Gasteiger partial charge in [0.2, 0.25) is 0 Å². The van der Waals surface area contributed by atoms with E-state index >= 15 is 0 Å². The number of nitrogens with zero attached hydrogens (tertiary/aromatic N) is 1. The van der Waals surface area contributed by atoms with Gasteiger partial charge in [0.1, 0.15) is 11.9 Å². The third-order valence-corrected chi connectivity index (χ3v) is 5.32. The van der Waals surface area contributed by atoms with E-state index in [-0.39, 0.29) is 12.0 Å². The number of rotatable bonds is 9. The van der Waals surface area contributed by atoms with E-state index in [4.69, 9.17) is 16.3 Å².